The average Bonchev–Trinajstić information content (AvgIpc) is 2.48. The fraction of sp³-hybridized carbons (Fsp3) is 0.200. The zero-order valence-corrected chi connectivity index (χ0v) is 13.6. The van der Waals surface area contributed by atoms with Crippen LogP contribution in [0.25, 0.3) is 0 Å². The molecule has 106 valence electrons. The van der Waals surface area contributed by atoms with E-state index in [0.717, 1.165) is 27.2 Å². The summed E-state index contributed by atoms with van der Waals surface area (Å²) in [7, 11) is 3.31. The molecular weight excluding hydrogens is 342 g/mol. The van der Waals surface area contributed by atoms with Gasteiger partial charge in [-0.3, -0.25) is 0 Å². The van der Waals surface area contributed by atoms with Crippen molar-refractivity contribution < 1.29 is 9.47 Å². The fourth-order valence-electron chi connectivity index (χ4n) is 1.82. The number of nitrogens with one attached hydrogen (secondary N) is 1. The molecule has 3 nitrogen and oxygen atoms in total. The van der Waals surface area contributed by atoms with Crippen molar-refractivity contribution in [3.8, 4) is 11.5 Å². The molecule has 20 heavy (non-hydrogen) atoms. The maximum Gasteiger partial charge on any atom is 0.124 e. The van der Waals surface area contributed by atoms with Crippen molar-refractivity contribution in [2.45, 2.75) is 6.54 Å². The molecule has 0 saturated heterocycles. The zero-order chi connectivity index (χ0) is 14.5. The SMILES string of the molecule is COc1ccc(OC)c(CNc2ccc(Cl)c(Br)c2)c1. The predicted molar refractivity (Wildman–Crippen MR) is 86.0 cm³/mol. The lowest BCUT2D eigenvalue weighted by atomic mass is 10.2. The van der Waals surface area contributed by atoms with Gasteiger partial charge in [-0.25, -0.2) is 0 Å². The predicted octanol–water partition coefficient (Wildman–Crippen LogP) is 4.73. The van der Waals surface area contributed by atoms with Gasteiger partial charge >= 0.3 is 0 Å². The molecule has 2 aromatic rings. The zero-order valence-electron chi connectivity index (χ0n) is 11.2. The van der Waals surface area contributed by atoms with Gasteiger partial charge in [0.25, 0.3) is 0 Å². The van der Waals surface area contributed by atoms with Gasteiger partial charge in [-0.05, 0) is 52.3 Å². The number of halogens is 2. The van der Waals surface area contributed by atoms with Crippen molar-refractivity contribution in [3.05, 3.63) is 51.5 Å². The van der Waals surface area contributed by atoms with Crippen molar-refractivity contribution in [1.29, 1.82) is 0 Å². The summed E-state index contributed by atoms with van der Waals surface area (Å²) in [6.07, 6.45) is 0. The molecule has 2 rings (SSSR count). The van der Waals surface area contributed by atoms with Crippen LogP contribution in [-0.4, -0.2) is 14.2 Å². The van der Waals surface area contributed by atoms with E-state index in [1.807, 2.05) is 36.4 Å². The molecule has 0 fully saturated rings. The second-order valence-electron chi connectivity index (χ2n) is 4.16. The van der Waals surface area contributed by atoms with Gasteiger partial charge in [0.05, 0.1) is 19.2 Å². The summed E-state index contributed by atoms with van der Waals surface area (Å²) in [5.74, 6) is 1.63. The Morgan fingerprint density at radius 1 is 1.10 bits per heavy atom. The van der Waals surface area contributed by atoms with Gasteiger partial charge in [0.1, 0.15) is 11.5 Å². The van der Waals surface area contributed by atoms with Gasteiger partial charge in [-0.1, -0.05) is 11.6 Å². The minimum Gasteiger partial charge on any atom is -0.497 e. The average molecular weight is 357 g/mol. The summed E-state index contributed by atoms with van der Waals surface area (Å²) >= 11 is 9.38. The lowest BCUT2D eigenvalue weighted by Crippen LogP contribution is -2.02. The first-order valence-corrected chi connectivity index (χ1v) is 7.21. The van der Waals surface area contributed by atoms with E-state index in [9.17, 15) is 0 Å². The molecular formula is C15H15BrClNO2. The number of benzene rings is 2. The highest BCUT2D eigenvalue weighted by molar-refractivity contribution is 9.10. The minimum absolute atomic E-state index is 0.633. The van der Waals surface area contributed by atoms with Crippen LogP contribution in [0.3, 0.4) is 0 Å². The first-order chi connectivity index (χ1) is 9.63. The van der Waals surface area contributed by atoms with E-state index in [4.69, 9.17) is 21.1 Å². The van der Waals surface area contributed by atoms with Crippen LogP contribution in [-0.2, 0) is 6.54 Å². The molecule has 0 bridgehead atoms. The number of ether oxygens (including phenoxy) is 2. The largest absolute Gasteiger partial charge is 0.497 e. The maximum absolute atomic E-state index is 5.97. The number of hydrogen-bond acceptors (Lipinski definition) is 3. The molecule has 0 unspecified atom stereocenters. The maximum atomic E-state index is 5.97. The number of hydrogen-bond donors (Lipinski definition) is 1. The van der Waals surface area contributed by atoms with E-state index >= 15 is 0 Å². The summed E-state index contributed by atoms with van der Waals surface area (Å²) in [5.41, 5.74) is 2.00. The van der Waals surface area contributed by atoms with Crippen molar-refractivity contribution in [1.82, 2.24) is 0 Å². The van der Waals surface area contributed by atoms with Crippen LogP contribution in [0.5, 0.6) is 11.5 Å². The van der Waals surface area contributed by atoms with Crippen molar-refractivity contribution >= 4 is 33.2 Å². The van der Waals surface area contributed by atoms with Crippen LogP contribution < -0.4 is 14.8 Å². The summed E-state index contributed by atoms with van der Waals surface area (Å²) < 4.78 is 11.4. The third-order valence-electron chi connectivity index (χ3n) is 2.89. The number of rotatable bonds is 5. The summed E-state index contributed by atoms with van der Waals surface area (Å²) in [6, 6.07) is 11.4. The molecule has 1 N–H and O–H groups in total. The Morgan fingerprint density at radius 3 is 2.55 bits per heavy atom. The molecule has 5 heteroatoms. The lowest BCUT2D eigenvalue weighted by molar-refractivity contribution is 0.399. The van der Waals surface area contributed by atoms with Gasteiger partial charge in [0.2, 0.25) is 0 Å². The van der Waals surface area contributed by atoms with Gasteiger partial charge in [0, 0.05) is 22.3 Å². The topological polar surface area (TPSA) is 30.5 Å². The molecule has 0 amide bonds. The quantitative estimate of drug-likeness (QED) is 0.840. The van der Waals surface area contributed by atoms with Gasteiger partial charge in [0.15, 0.2) is 0 Å². The summed E-state index contributed by atoms with van der Waals surface area (Å²) in [5, 5.41) is 4.02. The van der Waals surface area contributed by atoms with E-state index in [1.165, 1.54) is 0 Å². The molecule has 0 aromatic heterocycles. The van der Waals surface area contributed by atoms with Gasteiger partial charge in [-0.15, -0.1) is 0 Å². The molecule has 0 aliphatic rings. The Hall–Kier alpha value is -1.39. The molecule has 0 saturated carbocycles. The highest BCUT2D eigenvalue weighted by atomic mass is 79.9. The Bertz CT molecular complexity index is 604. The van der Waals surface area contributed by atoms with Crippen LogP contribution in [0.2, 0.25) is 5.02 Å². The first kappa shape index (κ1) is 15.0. The van der Waals surface area contributed by atoms with E-state index < -0.39 is 0 Å². The van der Waals surface area contributed by atoms with Gasteiger partial charge in [-0.2, -0.15) is 0 Å². The summed E-state index contributed by atoms with van der Waals surface area (Å²) in [6.45, 7) is 0.633. The monoisotopic (exact) mass is 355 g/mol. The summed E-state index contributed by atoms with van der Waals surface area (Å²) in [4.78, 5) is 0. The van der Waals surface area contributed by atoms with E-state index in [0.29, 0.717) is 11.6 Å². The molecule has 0 atom stereocenters. The normalized spacial score (nSPS) is 10.2. The lowest BCUT2D eigenvalue weighted by Gasteiger charge is -2.12. The van der Waals surface area contributed by atoms with Crippen LogP contribution in [0.4, 0.5) is 5.69 Å². The van der Waals surface area contributed by atoms with Crippen molar-refractivity contribution in [2.24, 2.45) is 0 Å². The van der Waals surface area contributed by atoms with Crippen molar-refractivity contribution in [3.63, 3.8) is 0 Å². The van der Waals surface area contributed by atoms with Crippen LogP contribution in [0.1, 0.15) is 5.56 Å². The third-order valence-corrected chi connectivity index (χ3v) is 4.10. The minimum atomic E-state index is 0.633. The first-order valence-electron chi connectivity index (χ1n) is 6.04. The fourth-order valence-corrected chi connectivity index (χ4v) is 2.32. The highest BCUT2D eigenvalue weighted by Crippen LogP contribution is 2.28. The Kier molecular flexibility index (Phi) is 5.15. The van der Waals surface area contributed by atoms with Gasteiger partial charge < -0.3 is 14.8 Å². The smallest absolute Gasteiger partial charge is 0.124 e. The molecule has 0 aliphatic carbocycles. The van der Waals surface area contributed by atoms with Crippen LogP contribution in [0.15, 0.2) is 40.9 Å². The highest BCUT2D eigenvalue weighted by Gasteiger charge is 2.05. The number of anilines is 1. The standard InChI is InChI=1S/C15H15BrClNO2/c1-19-12-4-6-15(20-2)10(7-12)9-18-11-3-5-14(17)13(16)8-11/h3-8,18H,9H2,1-2H3. The molecule has 0 spiro atoms. The molecule has 0 aliphatic heterocycles. The molecule has 0 radical (unpaired) electrons. The second kappa shape index (κ2) is 6.86. The third kappa shape index (κ3) is 3.58. The molecule has 0 heterocycles. The van der Waals surface area contributed by atoms with Crippen LogP contribution >= 0.6 is 27.5 Å². The van der Waals surface area contributed by atoms with Crippen LogP contribution in [0, 0.1) is 0 Å². The van der Waals surface area contributed by atoms with E-state index in [1.54, 1.807) is 14.2 Å². The Morgan fingerprint density at radius 2 is 1.90 bits per heavy atom. The van der Waals surface area contributed by atoms with Crippen molar-refractivity contribution in [2.75, 3.05) is 19.5 Å². The Balaban J connectivity index is 2.15. The Labute approximate surface area is 132 Å². The van der Waals surface area contributed by atoms with E-state index in [2.05, 4.69) is 21.2 Å². The molecule has 2 aromatic carbocycles. The number of methoxy groups -OCH3 is 2. The van der Waals surface area contributed by atoms with E-state index in [-0.39, 0.29) is 0 Å². The second-order valence-corrected chi connectivity index (χ2v) is 5.42.